The number of anilines is 1. The van der Waals surface area contributed by atoms with Crippen LogP contribution in [0.25, 0.3) is 0 Å². The van der Waals surface area contributed by atoms with Crippen molar-refractivity contribution in [3.8, 4) is 0 Å². The lowest BCUT2D eigenvalue weighted by molar-refractivity contribution is -0.117. The van der Waals surface area contributed by atoms with Gasteiger partial charge in [-0.25, -0.2) is 4.98 Å². The zero-order chi connectivity index (χ0) is 12.4. The number of nitrogens with zero attached hydrogens (tertiary/aromatic N) is 1. The van der Waals surface area contributed by atoms with E-state index < -0.39 is 0 Å². The van der Waals surface area contributed by atoms with Crippen LogP contribution in [0.2, 0.25) is 0 Å². The Morgan fingerprint density at radius 1 is 1.11 bits per heavy atom. The monoisotopic (exact) mass is 238 g/mol. The summed E-state index contributed by atoms with van der Waals surface area (Å²) in [5.41, 5.74) is 1.25. The Kier molecular flexibility index (Phi) is 2.81. The third-order valence-electron chi connectivity index (χ3n) is 3.27. The highest BCUT2D eigenvalue weighted by atomic mass is 16.2. The molecule has 1 fully saturated rings. The van der Waals surface area contributed by atoms with Gasteiger partial charge in [-0.15, -0.1) is 0 Å². The van der Waals surface area contributed by atoms with Gasteiger partial charge < -0.3 is 5.32 Å². The maximum atomic E-state index is 12.0. The van der Waals surface area contributed by atoms with E-state index in [0.717, 1.165) is 6.42 Å². The molecule has 1 aliphatic rings. The third-order valence-corrected chi connectivity index (χ3v) is 3.27. The highest BCUT2D eigenvalue weighted by Gasteiger charge is 2.43. The Balaban J connectivity index is 1.63. The third kappa shape index (κ3) is 2.25. The molecule has 18 heavy (non-hydrogen) atoms. The van der Waals surface area contributed by atoms with E-state index in [1.807, 2.05) is 30.3 Å². The molecule has 1 heterocycles. The molecule has 0 saturated heterocycles. The fourth-order valence-electron chi connectivity index (χ4n) is 2.21. The van der Waals surface area contributed by atoms with E-state index in [9.17, 15) is 4.79 Å². The summed E-state index contributed by atoms with van der Waals surface area (Å²) in [5.74, 6) is 1.16. The summed E-state index contributed by atoms with van der Waals surface area (Å²) < 4.78 is 0. The van der Waals surface area contributed by atoms with Crippen molar-refractivity contribution in [2.75, 3.05) is 5.32 Å². The number of hydrogen-bond acceptors (Lipinski definition) is 2. The summed E-state index contributed by atoms with van der Waals surface area (Å²) in [6.45, 7) is 0. The molecule has 3 heteroatoms. The number of benzene rings is 1. The van der Waals surface area contributed by atoms with Crippen LogP contribution in [0, 0.1) is 5.92 Å². The molecule has 0 radical (unpaired) electrons. The molecule has 1 saturated carbocycles. The smallest absolute Gasteiger partial charge is 0.229 e. The van der Waals surface area contributed by atoms with Gasteiger partial charge in [0.25, 0.3) is 0 Å². The van der Waals surface area contributed by atoms with Crippen molar-refractivity contribution in [2.24, 2.45) is 5.92 Å². The molecule has 1 aromatic carbocycles. The second-order valence-corrected chi connectivity index (χ2v) is 4.56. The van der Waals surface area contributed by atoms with Crippen LogP contribution in [-0.2, 0) is 4.79 Å². The number of nitrogens with one attached hydrogen (secondary N) is 1. The van der Waals surface area contributed by atoms with Gasteiger partial charge in [-0.05, 0) is 30.0 Å². The minimum absolute atomic E-state index is 0.0718. The lowest BCUT2D eigenvalue weighted by Crippen LogP contribution is -2.15. The summed E-state index contributed by atoms with van der Waals surface area (Å²) >= 11 is 0. The standard InChI is InChI=1S/C15H14N2O/c18-15(17-14-8-4-5-9-16-14)13-10-12(13)11-6-2-1-3-7-11/h1-9,12-13H,10H2,(H,16,17,18). The average Bonchev–Trinajstić information content (AvgIpc) is 3.21. The van der Waals surface area contributed by atoms with Gasteiger partial charge in [-0.2, -0.15) is 0 Å². The Hall–Kier alpha value is -2.16. The van der Waals surface area contributed by atoms with Gasteiger partial charge in [0.1, 0.15) is 5.82 Å². The molecule has 1 amide bonds. The van der Waals surface area contributed by atoms with Gasteiger partial charge in [-0.1, -0.05) is 36.4 Å². The van der Waals surface area contributed by atoms with Crippen LogP contribution in [0.15, 0.2) is 54.7 Å². The number of pyridine rings is 1. The van der Waals surface area contributed by atoms with Gasteiger partial charge >= 0.3 is 0 Å². The summed E-state index contributed by atoms with van der Waals surface area (Å²) in [6.07, 6.45) is 2.61. The molecular weight excluding hydrogens is 224 g/mol. The minimum atomic E-state index is 0.0718. The van der Waals surface area contributed by atoms with Gasteiger partial charge in [-0.3, -0.25) is 4.79 Å². The van der Waals surface area contributed by atoms with Crippen molar-refractivity contribution in [2.45, 2.75) is 12.3 Å². The maximum absolute atomic E-state index is 12.0. The van der Waals surface area contributed by atoms with E-state index in [0.29, 0.717) is 11.7 Å². The molecule has 3 rings (SSSR count). The lowest BCUT2D eigenvalue weighted by Gasteiger charge is -2.03. The topological polar surface area (TPSA) is 42.0 Å². The van der Waals surface area contributed by atoms with E-state index in [2.05, 4.69) is 22.4 Å². The van der Waals surface area contributed by atoms with Gasteiger partial charge in [0.15, 0.2) is 0 Å². The maximum Gasteiger partial charge on any atom is 0.229 e. The molecule has 1 aliphatic carbocycles. The zero-order valence-electron chi connectivity index (χ0n) is 9.91. The molecule has 2 atom stereocenters. The molecule has 1 N–H and O–H groups in total. The van der Waals surface area contributed by atoms with E-state index >= 15 is 0 Å². The molecule has 1 aromatic heterocycles. The second-order valence-electron chi connectivity index (χ2n) is 4.56. The predicted molar refractivity (Wildman–Crippen MR) is 70.2 cm³/mol. The van der Waals surface area contributed by atoms with Crippen LogP contribution in [0.5, 0.6) is 0 Å². The van der Waals surface area contributed by atoms with Crippen molar-refractivity contribution in [3.05, 3.63) is 60.3 Å². The van der Waals surface area contributed by atoms with Crippen LogP contribution in [0.1, 0.15) is 17.9 Å². The first-order chi connectivity index (χ1) is 8.84. The Morgan fingerprint density at radius 2 is 1.89 bits per heavy atom. The number of amides is 1. The normalized spacial score (nSPS) is 21.3. The van der Waals surface area contributed by atoms with Crippen LogP contribution >= 0.6 is 0 Å². The molecule has 0 bridgehead atoms. The highest BCUT2D eigenvalue weighted by molar-refractivity contribution is 5.94. The average molecular weight is 238 g/mol. The van der Waals surface area contributed by atoms with E-state index in [1.54, 1.807) is 12.3 Å². The Bertz CT molecular complexity index is 539. The summed E-state index contributed by atoms with van der Waals surface area (Å²) in [6, 6.07) is 15.7. The van der Waals surface area contributed by atoms with Gasteiger partial charge in [0.2, 0.25) is 5.91 Å². The van der Waals surface area contributed by atoms with Gasteiger partial charge in [0, 0.05) is 12.1 Å². The lowest BCUT2D eigenvalue weighted by atomic mass is 10.1. The molecule has 3 nitrogen and oxygen atoms in total. The van der Waals surface area contributed by atoms with Crippen molar-refractivity contribution in [1.82, 2.24) is 4.98 Å². The SMILES string of the molecule is O=C(Nc1ccccn1)C1CC1c1ccccc1. The fourth-order valence-corrected chi connectivity index (χ4v) is 2.21. The van der Waals surface area contributed by atoms with Crippen LogP contribution < -0.4 is 5.32 Å². The van der Waals surface area contributed by atoms with Crippen molar-refractivity contribution >= 4 is 11.7 Å². The Labute approximate surface area is 106 Å². The number of aromatic nitrogens is 1. The largest absolute Gasteiger partial charge is 0.310 e. The first-order valence-electron chi connectivity index (χ1n) is 6.11. The van der Waals surface area contributed by atoms with Crippen LogP contribution in [-0.4, -0.2) is 10.9 Å². The van der Waals surface area contributed by atoms with Crippen molar-refractivity contribution in [1.29, 1.82) is 0 Å². The Morgan fingerprint density at radius 3 is 2.61 bits per heavy atom. The first kappa shape index (κ1) is 11.0. The number of carbonyl (C=O) groups is 1. The quantitative estimate of drug-likeness (QED) is 0.893. The molecule has 2 aromatic rings. The summed E-state index contributed by atoms with van der Waals surface area (Å²) in [5, 5.41) is 2.85. The summed E-state index contributed by atoms with van der Waals surface area (Å²) in [4.78, 5) is 16.1. The summed E-state index contributed by atoms with van der Waals surface area (Å²) in [7, 11) is 0. The molecule has 0 spiro atoms. The second kappa shape index (κ2) is 4.61. The molecule has 0 aliphatic heterocycles. The van der Waals surface area contributed by atoms with Crippen molar-refractivity contribution < 1.29 is 4.79 Å². The van der Waals surface area contributed by atoms with Gasteiger partial charge in [0.05, 0.1) is 0 Å². The predicted octanol–water partition coefficient (Wildman–Crippen LogP) is 2.82. The highest BCUT2D eigenvalue weighted by Crippen LogP contribution is 2.47. The molecular formula is C15H14N2O. The van der Waals surface area contributed by atoms with Crippen LogP contribution in [0.3, 0.4) is 0 Å². The number of rotatable bonds is 3. The molecule has 90 valence electrons. The van der Waals surface area contributed by atoms with Crippen molar-refractivity contribution in [3.63, 3.8) is 0 Å². The van der Waals surface area contributed by atoms with Crippen LogP contribution in [0.4, 0.5) is 5.82 Å². The number of carbonyl (C=O) groups excluding carboxylic acids is 1. The minimum Gasteiger partial charge on any atom is -0.310 e. The zero-order valence-corrected chi connectivity index (χ0v) is 9.91. The fraction of sp³-hybridized carbons (Fsp3) is 0.200. The van der Waals surface area contributed by atoms with E-state index in [-0.39, 0.29) is 11.8 Å². The number of hydrogen-bond donors (Lipinski definition) is 1. The molecule has 2 unspecified atom stereocenters. The van der Waals surface area contributed by atoms with E-state index in [4.69, 9.17) is 0 Å². The first-order valence-corrected chi connectivity index (χ1v) is 6.11. The van der Waals surface area contributed by atoms with E-state index in [1.165, 1.54) is 5.56 Å².